The lowest BCUT2D eigenvalue weighted by atomic mass is 10.1. The third-order valence-corrected chi connectivity index (χ3v) is 5.17. The fourth-order valence-corrected chi connectivity index (χ4v) is 3.37. The van der Waals surface area contributed by atoms with Crippen molar-refractivity contribution in [3.63, 3.8) is 0 Å². The maximum absolute atomic E-state index is 13.1. The first kappa shape index (κ1) is 22.6. The minimum absolute atomic E-state index is 0.0642. The van der Waals surface area contributed by atoms with Crippen molar-refractivity contribution < 1.29 is 10.2 Å². The summed E-state index contributed by atoms with van der Waals surface area (Å²) in [6.45, 7) is 5.85. The molecule has 0 saturated carbocycles. The number of rotatable bonds is 8. The molecule has 2 heterocycles. The molecule has 0 aliphatic carbocycles. The number of nitrogens with one attached hydrogen (secondary N) is 1. The summed E-state index contributed by atoms with van der Waals surface area (Å²) in [4.78, 5) is 21.0. The zero-order chi connectivity index (χ0) is 22.1. The summed E-state index contributed by atoms with van der Waals surface area (Å²) in [6, 6.07) is 5.47. The third kappa shape index (κ3) is 5.31. The molecule has 8 nitrogen and oxygen atoms in total. The third-order valence-electron chi connectivity index (χ3n) is 4.71. The molecule has 0 radical (unpaired) electrons. The molecule has 3 aromatic rings. The van der Waals surface area contributed by atoms with E-state index in [2.05, 4.69) is 15.3 Å². The second-order valence-corrected chi connectivity index (χ2v) is 8.70. The van der Waals surface area contributed by atoms with Crippen LogP contribution in [0.1, 0.15) is 33.6 Å². The lowest BCUT2D eigenvalue weighted by Gasteiger charge is -2.17. The fourth-order valence-electron chi connectivity index (χ4n) is 3.10. The highest BCUT2D eigenvalue weighted by molar-refractivity contribution is 6.33. The normalized spacial score (nSPS) is 13.0. The summed E-state index contributed by atoms with van der Waals surface area (Å²) < 4.78 is 3.28. The van der Waals surface area contributed by atoms with Crippen molar-refractivity contribution in [1.82, 2.24) is 19.1 Å². The Kier molecular flexibility index (Phi) is 6.71. The number of imidazole rings is 1. The van der Waals surface area contributed by atoms with E-state index in [9.17, 15) is 15.0 Å². The van der Waals surface area contributed by atoms with E-state index in [-0.39, 0.29) is 11.0 Å². The molecule has 162 valence electrons. The van der Waals surface area contributed by atoms with Gasteiger partial charge in [-0.25, -0.2) is 9.78 Å². The van der Waals surface area contributed by atoms with Gasteiger partial charge in [-0.2, -0.15) is 4.98 Å². The standard InChI is InChI=1S/C20H25Cl2N5O3/c1-12(28)6-8-26-15-5-4-13(24-17-14(21)11-23-18(22)25-17)10-16(15)27(19(26)29)9-7-20(2,3)30/h4-5,10-12,28,30H,6-9H2,1-3H3,(H,23,24,25). The number of aromatic nitrogens is 4. The quantitative estimate of drug-likeness (QED) is 0.450. The highest BCUT2D eigenvalue weighted by atomic mass is 35.5. The number of hydrogen-bond donors (Lipinski definition) is 3. The molecule has 0 bridgehead atoms. The Morgan fingerprint density at radius 3 is 2.57 bits per heavy atom. The van der Waals surface area contributed by atoms with Crippen LogP contribution in [-0.2, 0) is 13.1 Å². The van der Waals surface area contributed by atoms with Gasteiger partial charge in [0.25, 0.3) is 0 Å². The van der Waals surface area contributed by atoms with Crippen molar-refractivity contribution >= 4 is 45.7 Å². The van der Waals surface area contributed by atoms with Crippen molar-refractivity contribution in [3.05, 3.63) is 45.2 Å². The molecule has 30 heavy (non-hydrogen) atoms. The highest BCUT2D eigenvalue weighted by Gasteiger charge is 2.18. The Labute approximate surface area is 184 Å². The molecular weight excluding hydrogens is 429 g/mol. The Morgan fingerprint density at radius 2 is 1.90 bits per heavy atom. The molecule has 2 aromatic heterocycles. The lowest BCUT2D eigenvalue weighted by molar-refractivity contribution is 0.0662. The van der Waals surface area contributed by atoms with Gasteiger partial charge in [0.2, 0.25) is 5.28 Å². The summed E-state index contributed by atoms with van der Waals surface area (Å²) >= 11 is 12.0. The van der Waals surface area contributed by atoms with Gasteiger partial charge in [0.1, 0.15) is 5.02 Å². The Morgan fingerprint density at radius 1 is 1.20 bits per heavy atom. The van der Waals surface area contributed by atoms with Gasteiger partial charge in [0, 0.05) is 18.8 Å². The number of halogens is 2. The van der Waals surface area contributed by atoms with Gasteiger partial charge in [-0.1, -0.05) is 11.6 Å². The van der Waals surface area contributed by atoms with E-state index >= 15 is 0 Å². The number of nitrogens with zero attached hydrogens (tertiary/aromatic N) is 4. The van der Waals surface area contributed by atoms with Crippen LogP contribution in [0.15, 0.2) is 29.2 Å². The van der Waals surface area contributed by atoms with Gasteiger partial charge in [0.15, 0.2) is 5.82 Å². The Balaban J connectivity index is 2.04. The van der Waals surface area contributed by atoms with Crippen molar-refractivity contribution in [3.8, 4) is 0 Å². The van der Waals surface area contributed by atoms with Crippen LogP contribution in [0.2, 0.25) is 10.3 Å². The summed E-state index contributed by atoms with van der Waals surface area (Å²) in [5, 5.41) is 23.3. The van der Waals surface area contributed by atoms with E-state index in [1.807, 2.05) is 18.2 Å². The second-order valence-electron chi connectivity index (χ2n) is 7.95. The molecule has 3 N–H and O–H groups in total. The van der Waals surface area contributed by atoms with Crippen molar-refractivity contribution in [2.24, 2.45) is 0 Å². The number of fused-ring (bicyclic) bond motifs is 1. The molecule has 0 amide bonds. The number of benzene rings is 1. The van der Waals surface area contributed by atoms with Crippen LogP contribution in [0.3, 0.4) is 0 Å². The monoisotopic (exact) mass is 453 g/mol. The first-order valence-electron chi connectivity index (χ1n) is 9.64. The molecule has 0 aliphatic heterocycles. The van der Waals surface area contributed by atoms with Crippen molar-refractivity contribution in [1.29, 1.82) is 0 Å². The number of anilines is 2. The highest BCUT2D eigenvalue weighted by Crippen LogP contribution is 2.26. The topological polar surface area (TPSA) is 105 Å². The molecule has 0 saturated heterocycles. The first-order valence-corrected chi connectivity index (χ1v) is 10.4. The lowest BCUT2D eigenvalue weighted by Crippen LogP contribution is -2.28. The molecule has 1 aromatic carbocycles. The van der Waals surface area contributed by atoms with E-state index in [4.69, 9.17) is 23.2 Å². The molecular formula is C20H25Cl2N5O3. The average molecular weight is 454 g/mol. The Bertz CT molecular complexity index is 1100. The molecule has 10 heteroatoms. The summed E-state index contributed by atoms with van der Waals surface area (Å²) in [7, 11) is 0. The van der Waals surface area contributed by atoms with Crippen LogP contribution >= 0.6 is 23.2 Å². The molecule has 0 spiro atoms. The number of aryl methyl sites for hydroxylation is 2. The Hall–Kier alpha value is -2.13. The van der Waals surface area contributed by atoms with Gasteiger partial charge < -0.3 is 15.5 Å². The minimum atomic E-state index is -0.908. The summed E-state index contributed by atoms with van der Waals surface area (Å²) in [6.07, 6.45) is 1.76. The smallest absolute Gasteiger partial charge is 0.329 e. The minimum Gasteiger partial charge on any atom is -0.393 e. The van der Waals surface area contributed by atoms with E-state index in [1.54, 1.807) is 29.9 Å². The van der Waals surface area contributed by atoms with E-state index < -0.39 is 11.7 Å². The zero-order valence-electron chi connectivity index (χ0n) is 17.1. The van der Waals surface area contributed by atoms with Crippen LogP contribution in [0, 0.1) is 0 Å². The van der Waals surface area contributed by atoms with Crippen LogP contribution in [0.25, 0.3) is 11.0 Å². The van der Waals surface area contributed by atoms with Gasteiger partial charge >= 0.3 is 5.69 Å². The molecule has 0 fully saturated rings. The number of hydrogen-bond acceptors (Lipinski definition) is 6. The van der Waals surface area contributed by atoms with Crippen LogP contribution in [-0.4, -0.2) is 41.0 Å². The summed E-state index contributed by atoms with van der Waals surface area (Å²) in [5.74, 6) is 0.356. The van der Waals surface area contributed by atoms with Crippen LogP contribution in [0.4, 0.5) is 11.5 Å². The number of aliphatic hydroxyl groups excluding tert-OH is 1. The van der Waals surface area contributed by atoms with E-state index in [0.29, 0.717) is 48.0 Å². The molecule has 3 rings (SSSR count). The van der Waals surface area contributed by atoms with Crippen LogP contribution in [0.5, 0.6) is 0 Å². The van der Waals surface area contributed by atoms with Gasteiger partial charge in [-0.05, 0) is 63.4 Å². The molecule has 0 aliphatic rings. The zero-order valence-corrected chi connectivity index (χ0v) is 18.6. The molecule has 1 atom stereocenters. The largest absolute Gasteiger partial charge is 0.393 e. The predicted octanol–water partition coefficient (Wildman–Crippen LogP) is 3.58. The maximum atomic E-state index is 13.1. The molecule has 1 unspecified atom stereocenters. The SMILES string of the molecule is CC(O)CCn1c(=O)n(CCC(C)(C)O)c2cc(Nc3nc(Cl)ncc3Cl)ccc21. The first-order chi connectivity index (χ1) is 14.0. The van der Waals surface area contributed by atoms with Crippen LogP contribution < -0.4 is 11.0 Å². The van der Waals surface area contributed by atoms with E-state index in [0.717, 1.165) is 5.52 Å². The summed E-state index contributed by atoms with van der Waals surface area (Å²) in [5.41, 5.74) is 1.03. The predicted molar refractivity (Wildman–Crippen MR) is 119 cm³/mol. The van der Waals surface area contributed by atoms with Gasteiger partial charge in [0.05, 0.1) is 28.9 Å². The fraction of sp³-hybridized carbons (Fsp3) is 0.450. The van der Waals surface area contributed by atoms with Gasteiger partial charge in [-0.15, -0.1) is 0 Å². The maximum Gasteiger partial charge on any atom is 0.329 e. The van der Waals surface area contributed by atoms with E-state index in [1.165, 1.54) is 6.20 Å². The second kappa shape index (κ2) is 8.93. The number of aliphatic hydroxyl groups is 2. The van der Waals surface area contributed by atoms with Crippen molar-refractivity contribution in [2.75, 3.05) is 5.32 Å². The van der Waals surface area contributed by atoms with Crippen molar-refractivity contribution in [2.45, 2.75) is 58.4 Å². The average Bonchev–Trinajstić information content (AvgIpc) is 2.91. The van der Waals surface area contributed by atoms with Gasteiger partial charge in [-0.3, -0.25) is 9.13 Å².